The number of nitrogens with zero attached hydrogens (tertiary/aromatic N) is 4. The van der Waals surface area contributed by atoms with Crippen molar-refractivity contribution in [3.8, 4) is 5.75 Å². The summed E-state index contributed by atoms with van der Waals surface area (Å²) in [6, 6.07) is 11.9. The Hall–Kier alpha value is -3.61. The van der Waals surface area contributed by atoms with Crippen LogP contribution in [0.2, 0.25) is 0 Å². The highest BCUT2D eigenvalue weighted by Crippen LogP contribution is 2.32. The Morgan fingerprint density at radius 3 is 2.85 bits per heavy atom. The first-order valence-electron chi connectivity index (χ1n) is 8.22. The first kappa shape index (κ1) is 14.7. The van der Waals surface area contributed by atoms with Crippen molar-refractivity contribution in [3.63, 3.8) is 0 Å². The Kier molecular flexibility index (Phi) is 3.08. The van der Waals surface area contributed by atoms with E-state index in [1.165, 1.54) is 0 Å². The van der Waals surface area contributed by atoms with Crippen molar-refractivity contribution in [1.29, 1.82) is 0 Å². The van der Waals surface area contributed by atoms with Gasteiger partial charge in [-0.15, -0.1) is 0 Å². The van der Waals surface area contributed by atoms with Gasteiger partial charge >= 0.3 is 0 Å². The average molecular weight is 344 g/mol. The number of H-pyrrole nitrogens is 1. The molecule has 128 valence electrons. The minimum atomic E-state index is 0.709. The second-order valence-electron chi connectivity index (χ2n) is 6.17. The van der Waals surface area contributed by atoms with Crippen LogP contribution < -0.4 is 10.1 Å². The Labute approximate surface area is 148 Å². The van der Waals surface area contributed by atoms with Gasteiger partial charge in [-0.3, -0.25) is 5.10 Å². The molecule has 0 aliphatic rings. The minimum Gasteiger partial charge on any atom is -0.497 e. The summed E-state index contributed by atoms with van der Waals surface area (Å²) < 4.78 is 7.33. The zero-order chi connectivity index (χ0) is 17.7. The van der Waals surface area contributed by atoms with Gasteiger partial charge < -0.3 is 14.6 Å². The molecule has 0 radical (unpaired) electrons. The summed E-state index contributed by atoms with van der Waals surface area (Å²) >= 11 is 0. The normalized spacial score (nSPS) is 11.5. The summed E-state index contributed by atoms with van der Waals surface area (Å²) in [6.07, 6.45) is 3.69. The largest absolute Gasteiger partial charge is 0.497 e. The lowest BCUT2D eigenvalue weighted by Crippen LogP contribution is -1.97. The number of aromatic amines is 1. The van der Waals surface area contributed by atoms with E-state index >= 15 is 0 Å². The molecule has 3 aromatic heterocycles. The van der Waals surface area contributed by atoms with E-state index in [9.17, 15) is 0 Å². The molecule has 26 heavy (non-hydrogen) atoms. The van der Waals surface area contributed by atoms with E-state index < -0.39 is 0 Å². The molecule has 7 heteroatoms. The highest BCUT2D eigenvalue weighted by molar-refractivity contribution is 6.09. The molecule has 0 fully saturated rings. The molecular formula is C19H16N6O. The predicted molar refractivity (Wildman–Crippen MR) is 102 cm³/mol. The number of pyridine rings is 1. The number of ether oxygens (including phenoxy) is 1. The van der Waals surface area contributed by atoms with Crippen LogP contribution in [0.5, 0.6) is 5.75 Å². The number of aryl methyl sites for hydroxylation is 1. The lowest BCUT2D eigenvalue weighted by atomic mass is 10.1. The SMILES string of the molecule is COc1ccc2nc(Nc3ccc4ncn(C)c4c3)c3n[nH]cc3c2c1. The number of benzene rings is 2. The fourth-order valence-corrected chi connectivity index (χ4v) is 3.23. The third-order valence-electron chi connectivity index (χ3n) is 4.58. The van der Waals surface area contributed by atoms with Crippen molar-refractivity contribution in [2.24, 2.45) is 7.05 Å². The monoisotopic (exact) mass is 344 g/mol. The second kappa shape index (κ2) is 5.45. The highest BCUT2D eigenvalue weighted by atomic mass is 16.5. The van der Waals surface area contributed by atoms with Crippen LogP contribution in [0.25, 0.3) is 32.8 Å². The maximum atomic E-state index is 5.34. The molecule has 0 saturated carbocycles. The quantitative estimate of drug-likeness (QED) is 0.521. The van der Waals surface area contributed by atoms with Gasteiger partial charge in [0, 0.05) is 29.7 Å². The van der Waals surface area contributed by atoms with E-state index in [1.54, 1.807) is 7.11 Å². The summed E-state index contributed by atoms with van der Waals surface area (Å²) in [7, 11) is 3.64. The van der Waals surface area contributed by atoms with E-state index in [0.29, 0.717) is 5.82 Å². The van der Waals surface area contributed by atoms with E-state index in [-0.39, 0.29) is 0 Å². The van der Waals surface area contributed by atoms with Gasteiger partial charge in [0.25, 0.3) is 0 Å². The number of rotatable bonds is 3. The molecule has 2 N–H and O–H groups in total. The average Bonchev–Trinajstić information content (AvgIpc) is 3.29. The summed E-state index contributed by atoms with van der Waals surface area (Å²) in [6.45, 7) is 0. The van der Waals surface area contributed by atoms with Gasteiger partial charge in [0.05, 0.1) is 30.0 Å². The van der Waals surface area contributed by atoms with Crippen LogP contribution in [-0.2, 0) is 7.05 Å². The Morgan fingerprint density at radius 2 is 1.96 bits per heavy atom. The molecule has 5 aromatic rings. The maximum absolute atomic E-state index is 5.34. The number of nitrogens with one attached hydrogen (secondary N) is 2. The smallest absolute Gasteiger partial charge is 0.159 e. The van der Waals surface area contributed by atoms with Gasteiger partial charge in [-0.25, -0.2) is 9.97 Å². The van der Waals surface area contributed by atoms with Crippen molar-refractivity contribution in [1.82, 2.24) is 24.7 Å². The summed E-state index contributed by atoms with van der Waals surface area (Å²) in [5, 5.41) is 12.7. The van der Waals surface area contributed by atoms with Crippen LogP contribution in [0.1, 0.15) is 0 Å². The molecule has 0 unspecified atom stereocenters. The van der Waals surface area contributed by atoms with E-state index in [4.69, 9.17) is 9.72 Å². The Morgan fingerprint density at radius 1 is 1.08 bits per heavy atom. The number of methoxy groups -OCH3 is 1. The summed E-state index contributed by atoms with van der Waals surface area (Å²) in [5.41, 5.74) is 4.62. The lowest BCUT2D eigenvalue weighted by Gasteiger charge is -2.09. The molecule has 0 atom stereocenters. The van der Waals surface area contributed by atoms with Gasteiger partial charge in [0.15, 0.2) is 5.82 Å². The van der Waals surface area contributed by atoms with Crippen LogP contribution >= 0.6 is 0 Å². The Balaban J connectivity index is 1.67. The van der Waals surface area contributed by atoms with E-state index in [0.717, 1.165) is 44.3 Å². The van der Waals surface area contributed by atoms with Crippen LogP contribution in [0, 0.1) is 0 Å². The molecule has 0 spiro atoms. The zero-order valence-electron chi connectivity index (χ0n) is 14.3. The van der Waals surface area contributed by atoms with E-state index in [2.05, 4.69) is 26.6 Å². The maximum Gasteiger partial charge on any atom is 0.159 e. The molecular weight excluding hydrogens is 328 g/mol. The number of hydrogen-bond acceptors (Lipinski definition) is 5. The number of anilines is 2. The predicted octanol–water partition coefficient (Wildman–Crippen LogP) is 3.75. The molecule has 3 heterocycles. The first-order valence-corrected chi connectivity index (χ1v) is 8.22. The fraction of sp³-hybridized carbons (Fsp3) is 0.105. The third-order valence-corrected chi connectivity index (χ3v) is 4.58. The number of aromatic nitrogens is 5. The van der Waals surface area contributed by atoms with Crippen LogP contribution in [0.15, 0.2) is 48.9 Å². The van der Waals surface area contributed by atoms with Crippen LogP contribution in [0.3, 0.4) is 0 Å². The van der Waals surface area contributed by atoms with Gasteiger partial charge in [0.2, 0.25) is 0 Å². The van der Waals surface area contributed by atoms with Crippen molar-refractivity contribution < 1.29 is 4.74 Å². The van der Waals surface area contributed by atoms with Crippen LogP contribution in [-0.4, -0.2) is 31.8 Å². The molecule has 0 bridgehead atoms. The molecule has 0 amide bonds. The summed E-state index contributed by atoms with van der Waals surface area (Å²) in [5.74, 6) is 1.50. The van der Waals surface area contributed by atoms with Crippen molar-refractivity contribution >= 4 is 44.3 Å². The highest BCUT2D eigenvalue weighted by Gasteiger charge is 2.12. The molecule has 5 rings (SSSR count). The van der Waals surface area contributed by atoms with Gasteiger partial charge in [-0.1, -0.05) is 0 Å². The fourth-order valence-electron chi connectivity index (χ4n) is 3.23. The first-order chi connectivity index (χ1) is 12.7. The standard InChI is InChI=1S/C19H16N6O/c1-25-10-20-16-5-3-11(7-17(16)25)22-19-18-14(9-21-24-18)13-8-12(26-2)4-6-15(13)23-19/h3-10H,1-2H3,(H,21,24)(H,22,23). The molecule has 0 aliphatic heterocycles. The van der Waals surface area contributed by atoms with Crippen molar-refractivity contribution in [2.75, 3.05) is 12.4 Å². The van der Waals surface area contributed by atoms with Gasteiger partial charge in [-0.2, -0.15) is 5.10 Å². The molecule has 7 nitrogen and oxygen atoms in total. The third kappa shape index (κ3) is 2.17. The second-order valence-corrected chi connectivity index (χ2v) is 6.17. The molecule has 2 aromatic carbocycles. The molecule has 0 saturated heterocycles. The van der Waals surface area contributed by atoms with E-state index in [1.807, 2.05) is 54.5 Å². The van der Waals surface area contributed by atoms with Crippen molar-refractivity contribution in [3.05, 3.63) is 48.9 Å². The Bertz CT molecular complexity index is 1270. The number of hydrogen-bond donors (Lipinski definition) is 2. The number of imidazole rings is 1. The zero-order valence-corrected chi connectivity index (χ0v) is 14.3. The molecule has 0 aliphatic carbocycles. The number of fused-ring (bicyclic) bond motifs is 4. The van der Waals surface area contributed by atoms with Crippen molar-refractivity contribution in [2.45, 2.75) is 0 Å². The van der Waals surface area contributed by atoms with Gasteiger partial charge in [-0.05, 0) is 36.4 Å². The minimum absolute atomic E-state index is 0.709. The summed E-state index contributed by atoms with van der Waals surface area (Å²) in [4.78, 5) is 9.12. The van der Waals surface area contributed by atoms with Crippen LogP contribution in [0.4, 0.5) is 11.5 Å². The topological polar surface area (TPSA) is 80.7 Å². The lowest BCUT2D eigenvalue weighted by molar-refractivity contribution is 0.415. The van der Waals surface area contributed by atoms with Gasteiger partial charge in [0.1, 0.15) is 11.3 Å².